The molecule has 2 atom stereocenters. The lowest BCUT2D eigenvalue weighted by Gasteiger charge is -2.27. The molecule has 340 valence electrons. The van der Waals surface area contributed by atoms with Crippen molar-refractivity contribution in [2.45, 2.75) is 96.1 Å². The Morgan fingerprint density at radius 1 is 0.646 bits per heavy atom. The minimum atomic E-state index is -3.31. The molecule has 2 saturated heterocycles. The standard InChI is InChI=1S/C22H24N6O5S.C22H23N3O5S/c29-22(24-19-8-3-15(13-23-19)21-25-27-28-26-21)20(33-16-9-11-32-12-10-16)14-1-4-17(5-2-14)34(30,31)18-6-7-18;23-13-15-1-8-20(24-14-15)25-22(26)21(30-17-9-11-29-12-10-17)16-2-4-18(5-3-16)31(27,28)19-6-7-19/h1-5,8,13,16,18,20H,6-7,9-12H2,(H,23,24,29)(H,25,26,27,28);1-5,8,14,17,19,21H,6-7,9-12H2,(H,24,25,26). The number of aromatic amines is 1. The first kappa shape index (κ1) is 45.5. The van der Waals surface area contributed by atoms with Crippen molar-refractivity contribution >= 4 is 43.1 Å². The van der Waals surface area contributed by atoms with Gasteiger partial charge in [-0.1, -0.05) is 24.3 Å². The van der Waals surface area contributed by atoms with Gasteiger partial charge in [-0.15, -0.1) is 10.2 Å². The van der Waals surface area contributed by atoms with Crippen LogP contribution in [0.25, 0.3) is 11.4 Å². The maximum Gasteiger partial charge on any atom is 0.259 e. The third-order valence-electron chi connectivity index (χ3n) is 11.2. The number of ether oxygens (including phenoxy) is 4. The summed E-state index contributed by atoms with van der Waals surface area (Å²) in [5.41, 5.74) is 2.17. The van der Waals surface area contributed by atoms with E-state index in [1.54, 1.807) is 60.7 Å². The third kappa shape index (κ3) is 11.6. The second-order valence-corrected chi connectivity index (χ2v) is 20.4. The van der Waals surface area contributed by atoms with E-state index in [1.165, 1.54) is 24.5 Å². The molecule has 5 heterocycles. The van der Waals surface area contributed by atoms with Gasteiger partial charge in [0, 0.05) is 44.4 Å². The zero-order valence-corrected chi connectivity index (χ0v) is 36.7. The van der Waals surface area contributed by atoms with Crippen LogP contribution < -0.4 is 10.6 Å². The van der Waals surface area contributed by atoms with Crippen molar-refractivity contribution in [3.05, 3.63) is 102 Å². The summed E-state index contributed by atoms with van der Waals surface area (Å²) in [6.45, 7) is 2.26. The first-order valence-corrected chi connectivity index (χ1v) is 24.4. The van der Waals surface area contributed by atoms with Crippen LogP contribution in [-0.4, -0.2) is 108 Å². The van der Waals surface area contributed by atoms with E-state index in [1.807, 2.05) is 6.07 Å². The third-order valence-corrected chi connectivity index (χ3v) is 15.7. The van der Waals surface area contributed by atoms with Crippen LogP contribution in [0.4, 0.5) is 11.6 Å². The number of pyridine rings is 2. The average molecular weight is 926 g/mol. The van der Waals surface area contributed by atoms with Crippen LogP contribution in [0, 0.1) is 11.3 Å². The Morgan fingerprint density at radius 3 is 1.48 bits per heavy atom. The second-order valence-electron chi connectivity index (χ2n) is 16.0. The van der Waals surface area contributed by atoms with E-state index >= 15 is 0 Å². The number of benzene rings is 2. The molecule has 3 N–H and O–H groups in total. The smallest absolute Gasteiger partial charge is 0.259 e. The number of carbonyl (C=O) groups excluding carboxylic acids is 2. The van der Waals surface area contributed by atoms with Crippen LogP contribution >= 0.6 is 0 Å². The van der Waals surface area contributed by atoms with Gasteiger partial charge in [0.15, 0.2) is 31.9 Å². The van der Waals surface area contributed by atoms with Gasteiger partial charge >= 0.3 is 0 Å². The molecule has 21 heteroatoms. The summed E-state index contributed by atoms with van der Waals surface area (Å²) in [7, 11) is -6.62. The predicted molar refractivity (Wildman–Crippen MR) is 232 cm³/mol. The van der Waals surface area contributed by atoms with Gasteiger partial charge in [-0.25, -0.2) is 26.8 Å². The van der Waals surface area contributed by atoms with Crippen molar-refractivity contribution in [3.8, 4) is 17.5 Å². The van der Waals surface area contributed by atoms with Crippen molar-refractivity contribution < 1.29 is 45.4 Å². The van der Waals surface area contributed by atoms with E-state index in [4.69, 9.17) is 24.2 Å². The van der Waals surface area contributed by atoms with Crippen LogP contribution in [0.3, 0.4) is 0 Å². The quantitative estimate of drug-likeness (QED) is 0.127. The molecule has 9 rings (SSSR count). The summed E-state index contributed by atoms with van der Waals surface area (Å²) < 4.78 is 73.0. The predicted octanol–water partition coefficient (Wildman–Crippen LogP) is 4.84. The maximum absolute atomic E-state index is 13.2. The Morgan fingerprint density at radius 2 is 1.11 bits per heavy atom. The summed E-state index contributed by atoms with van der Waals surface area (Å²) in [5.74, 6) is 0.223. The molecule has 5 aromatic rings. The number of tetrazole rings is 1. The number of nitrogens with zero attached hydrogens (tertiary/aromatic N) is 6. The van der Waals surface area contributed by atoms with Gasteiger partial charge < -0.3 is 29.6 Å². The number of sulfone groups is 2. The lowest BCUT2D eigenvalue weighted by Crippen LogP contribution is -2.31. The lowest BCUT2D eigenvalue weighted by molar-refractivity contribution is -0.136. The van der Waals surface area contributed by atoms with Crippen LogP contribution in [0.15, 0.2) is 95.0 Å². The van der Waals surface area contributed by atoms with Crippen LogP contribution in [0.2, 0.25) is 0 Å². The minimum Gasteiger partial charge on any atom is -0.381 e. The van der Waals surface area contributed by atoms with E-state index in [2.05, 4.69) is 41.2 Å². The van der Waals surface area contributed by atoms with Gasteiger partial charge in [0.2, 0.25) is 5.82 Å². The zero-order valence-electron chi connectivity index (χ0n) is 35.1. The highest BCUT2D eigenvalue weighted by Gasteiger charge is 2.38. The van der Waals surface area contributed by atoms with Crippen LogP contribution in [0.1, 0.15) is 80.3 Å². The van der Waals surface area contributed by atoms with Gasteiger partial charge in [-0.2, -0.15) is 10.5 Å². The summed E-state index contributed by atoms with van der Waals surface area (Å²) in [6.07, 6.45) is 6.23. The first-order chi connectivity index (χ1) is 31.5. The molecule has 2 saturated carbocycles. The molecule has 0 spiro atoms. The highest BCUT2D eigenvalue weighted by Crippen LogP contribution is 2.36. The summed E-state index contributed by atoms with van der Waals surface area (Å²) >= 11 is 0. The van der Waals surface area contributed by atoms with Crippen LogP contribution in [0.5, 0.6) is 0 Å². The fraction of sp³-hybridized carbons (Fsp3) is 0.409. The first-order valence-electron chi connectivity index (χ1n) is 21.3. The summed E-state index contributed by atoms with van der Waals surface area (Å²) in [6, 6.07) is 21.2. The van der Waals surface area contributed by atoms with Crippen molar-refractivity contribution in [1.29, 1.82) is 5.26 Å². The Balaban J connectivity index is 0.000000178. The average Bonchev–Trinajstić information content (AvgIpc) is 4.30. The monoisotopic (exact) mass is 925 g/mol. The molecule has 2 aliphatic carbocycles. The Kier molecular flexibility index (Phi) is 14.3. The highest BCUT2D eigenvalue weighted by atomic mass is 32.2. The second kappa shape index (κ2) is 20.4. The molecule has 4 aliphatic rings. The molecule has 2 amide bonds. The SMILES string of the molecule is N#Cc1ccc(NC(=O)C(OC2CCOCC2)c2ccc(S(=O)(=O)C3CC3)cc2)nc1.O=C(Nc1ccc(-c2nn[nH]n2)cn1)C(OC1CCOCC1)c1ccc(S(=O)(=O)C2CC2)cc1. The Bertz CT molecular complexity index is 2660. The Hall–Kier alpha value is -6.02. The normalized spacial score (nSPS) is 18.0. The number of anilines is 2. The van der Waals surface area contributed by atoms with Crippen LogP contribution in [-0.2, 0) is 48.2 Å². The van der Waals surface area contributed by atoms with Gasteiger partial charge in [0.1, 0.15) is 17.7 Å². The van der Waals surface area contributed by atoms with Gasteiger partial charge in [-0.3, -0.25) is 9.59 Å². The number of H-pyrrole nitrogens is 1. The largest absolute Gasteiger partial charge is 0.381 e. The molecule has 3 aromatic heterocycles. The number of nitriles is 1. The molecule has 19 nitrogen and oxygen atoms in total. The Labute approximate surface area is 375 Å². The summed E-state index contributed by atoms with van der Waals surface area (Å²) in [5, 5.41) is 27.5. The van der Waals surface area contributed by atoms with E-state index in [-0.39, 0.29) is 32.5 Å². The molecule has 2 aromatic carbocycles. The van der Waals surface area contributed by atoms with E-state index in [0.717, 1.165) is 0 Å². The van der Waals surface area contributed by atoms with Crippen molar-refractivity contribution in [2.24, 2.45) is 0 Å². The summed E-state index contributed by atoms with van der Waals surface area (Å²) in [4.78, 5) is 35.2. The molecular formula is C44H47N9O10S2. The lowest BCUT2D eigenvalue weighted by atomic mass is 10.1. The number of hydrogen-bond acceptors (Lipinski definition) is 16. The number of hydrogen-bond donors (Lipinski definition) is 3. The molecule has 2 unspecified atom stereocenters. The number of rotatable bonds is 15. The van der Waals surface area contributed by atoms with Gasteiger partial charge in [0.05, 0.1) is 38.1 Å². The topological polar surface area (TPSA) is 267 Å². The van der Waals surface area contributed by atoms with Gasteiger partial charge in [-0.05, 0) is 116 Å². The number of amides is 2. The van der Waals surface area contributed by atoms with E-state index in [0.29, 0.717) is 118 Å². The number of aromatic nitrogens is 6. The van der Waals surface area contributed by atoms with Crippen molar-refractivity contribution in [1.82, 2.24) is 30.6 Å². The number of carbonyl (C=O) groups is 2. The number of nitrogens with one attached hydrogen (secondary N) is 3. The fourth-order valence-corrected chi connectivity index (χ4v) is 10.5. The molecule has 0 radical (unpaired) electrons. The van der Waals surface area contributed by atoms with Crippen molar-refractivity contribution in [3.63, 3.8) is 0 Å². The molecule has 65 heavy (non-hydrogen) atoms. The fourth-order valence-electron chi connectivity index (χ4n) is 7.20. The van der Waals surface area contributed by atoms with Gasteiger partial charge in [0.25, 0.3) is 11.8 Å². The molecule has 2 aliphatic heterocycles. The highest BCUT2D eigenvalue weighted by molar-refractivity contribution is 7.92. The molecular weight excluding hydrogens is 879 g/mol. The van der Waals surface area contributed by atoms with E-state index < -0.39 is 43.7 Å². The maximum atomic E-state index is 13.2. The zero-order chi connectivity index (χ0) is 45.4. The van der Waals surface area contributed by atoms with Crippen molar-refractivity contribution in [2.75, 3.05) is 37.1 Å². The molecule has 0 bridgehead atoms. The minimum absolute atomic E-state index is 0.145. The molecule has 4 fully saturated rings. The van der Waals surface area contributed by atoms with E-state index in [9.17, 15) is 26.4 Å².